The Morgan fingerprint density at radius 3 is 2.77 bits per heavy atom. The summed E-state index contributed by atoms with van der Waals surface area (Å²) in [5.41, 5.74) is 8.46. The number of nitrogens with one attached hydrogen (secondary N) is 2. The number of ether oxygens (including phenoxy) is 1. The summed E-state index contributed by atoms with van der Waals surface area (Å²) in [6, 6.07) is 21.6. The Bertz CT molecular complexity index is 1630. The van der Waals surface area contributed by atoms with Crippen molar-refractivity contribution in [2.24, 2.45) is 0 Å². The highest BCUT2D eigenvalue weighted by atomic mass is 16.5. The van der Waals surface area contributed by atoms with Gasteiger partial charge in [0.25, 0.3) is 5.91 Å². The first kappa shape index (κ1) is 19.7. The molecule has 1 aliphatic heterocycles. The van der Waals surface area contributed by atoms with E-state index in [-0.39, 0.29) is 11.9 Å². The predicted octanol–water partition coefficient (Wildman–Crippen LogP) is 5.53. The maximum atomic E-state index is 13.5. The third kappa shape index (κ3) is 3.07. The molecule has 35 heavy (non-hydrogen) atoms. The molecule has 3 aromatic carbocycles. The van der Waals surface area contributed by atoms with Crippen LogP contribution in [0.3, 0.4) is 0 Å². The average Bonchev–Trinajstić information content (AvgIpc) is 3.48. The van der Waals surface area contributed by atoms with Crippen molar-refractivity contribution in [1.29, 1.82) is 0 Å². The minimum Gasteiger partial charge on any atom is -0.489 e. The largest absolute Gasteiger partial charge is 0.489 e. The molecule has 1 atom stereocenters. The van der Waals surface area contributed by atoms with Gasteiger partial charge in [0.1, 0.15) is 18.2 Å². The second kappa shape index (κ2) is 7.67. The van der Waals surface area contributed by atoms with Crippen molar-refractivity contribution in [2.75, 3.05) is 6.61 Å². The maximum Gasteiger partial charge on any atom is 0.252 e. The molecule has 168 valence electrons. The molecule has 2 aliphatic rings. The van der Waals surface area contributed by atoms with Crippen LogP contribution < -0.4 is 10.1 Å². The Morgan fingerprint density at radius 2 is 1.83 bits per heavy atom. The number of pyridine rings is 1. The summed E-state index contributed by atoms with van der Waals surface area (Å²) in [5, 5.41) is 3.29. The van der Waals surface area contributed by atoms with Gasteiger partial charge in [-0.3, -0.25) is 9.78 Å². The molecule has 1 aliphatic carbocycles. The number of H-pyrrole nitrogens is 1. The molecular formula is C29H20N4O2. The van der Waals surface area contributed by atoms with Crippen LogP contribution in [-0.2, 0) is 0 Å². The summed E-state index contributed by atoms with van der Waals surface area (Å²) in [6.07, 6.45) is 7.41. The normalized spacial score (nSPS) is 15.3. The Hall–Kier alpha value is -4.71. The number of benzene rings is 3. The first-order valence-electron chi connectivity index (χ1n) is 11.5. The van der Waals surface area contributed by atoms with E-state index in [2.05, 4.69) is 39.6 Å². The number of aromatic amines is 1. The molecule has 3 heterocycles. The zero-order valence-electron chi connectivity index (χ0n) is 18.7. The Labute approximate surface area is 201 Å². The fourth-order valence-corrected chi connectivity index (χ4v) is 5.15. The van der Waals surface area contributed by atoms with Crippen LogP contribution in [0.4, 0.5) is 0 Å². The van der Waals surface area contributed by atoms with Gasteiger partial charge in [0.05, 0.1) is 28.8 Å². The highest BCUT2D eigenvalue weighted by Crippen LogP contribution is 2.47. The zero-order chi connectivity index (χ0) is 23.4. The Balaban J connectivity index is 1.34. The van der Waals surface area contributed by atoms with Crippen molar-refractivity contribution >= 4 is 23.0 Å². The van der Waals surface area contributed by atoms with Crippen LogP contribution in [0.1, 0.15) is 33.1 Å². The van der Waals surface area contributed by atoms with Crippen LogP contribution >= 0.6 is 0 Å². The number of imidazole rings is 1. The highest BCUT2D eigenvalue weighted by Gasteiger charge is 2.33. The lowest BCUT2D eigenvalue weighted by Gasteiger charge is -2.19. The van der Waals surface area contributed by atoms with E-state index >= 15 is 0 Å². The minimum atomic E-state index is -0.274. The SMILES string of the molecule is O=C(NC1c2ccccc2-c2c(-c3nc4ccncc4[nH]3)cccc21)c1cccc2c1C=CCO2. The second-order valence-electron chi connectivity index (χ2n) is 8.67. The molecular weight excluding hydrogens is 436 g/mol. The Morgan fingerprint density at radius 1 is 0.971 bits per heavy atom. The lowest BCUT2D eigenvalue weighted by molar-refractivity contribution is 0.0943. The van der Waals surface area contributed by atoms with E-state index in [1.807, 2.05) is 54.6 Å². The molecule has 2 N–H and O–H groups in total. The number of amides is 1. The molecule has 0 radical (unpaired) electrons. The molecule has 0 spiro atoms. The van der Waals surface area contributed by atoms with Crippen LogP contribution in [0, 0.1) is 0 Å². The van der Waals surface area contributed by atoms with E-state index in [4.69, 9.17) is 9.72 Å². The number of rotatable bonds is 3. The van der Waals surface area contributed by atoms with Gasteiger partial charge in [-0.25, -0.2) is 4.98 Å². The van der Waals surface area contributed by atoms with Crippen molar-refractivity contribution in [3.63, 3.8) is 0 Å². The van der Waals surface area contributed by atoms with Gasteiger partial charge in [-0.2, -0.15) is 0 Å². The number of hydrogen-bond donors (Lipinski definition) is 2. The van der Waals surface area contributed by atoms with Crippen molar-refractivity contribution in [3.8, 4) is 28.3 Å². The molecule has 1 unspecified atom stereocenters. The third-order valence-electron chi connectivity index (χ3n) is 6.69. The standard InChI is InChI=1S/C29H20N4O2/c34-29(20-8-4-12-25-17(20)11-5-15-35-25)33-27-19-7-2-1-6-18(19)26-21(27)9-3-10-22(26)28-31-23-13-14-30-16-24(23)32-28/h1-14,16,27H,15H2,(H,31,32)(H,33,34). The van der Waals surface area contributed by atoms with E-state index in [0.29, 0.717) is 12.2 Å². The number of carbonyl (C=O) groups excluding carboxylic acids is 1. The second-order valence-corrected chi connectivity index (χ2v) is 8.67. The zero-order valence-corrected chi connectivity index (χ0v) is 18.7. The van der Waals surface area contributed by atoms with E-state index in [9.17, 15) is 4.79 Å². The fourth-order valence-electron chi connectivity index (χ4n) is 5.15. The van der Waals surface area contributed by atoms with Gasteiger partial charge in [0.15, 0.2) is 0 Å². The number of nitrogens with zero attached hydrogens (tertiary/aromatic N) is 2. The average molecular weight is 457 g/mol. The van der Waals surface area contributed by atoms with E-state index in [0.717, 1.165) is 56.0 Å². The molecule has 1 amide bonds. The summed E-state index contributed by atoms with van der Waals surface area (Å²) in [4.78, 5) is 26.0. The maximum absolute atomic E-state index is 13.5. The number of fused-ring (bicyclic) bond motifs is 5. The summed E-state index contributed by atoms with van der Waals surface area (Å²) >= 11 is 0. The summed E-state index contributed by atoms with van der Waals surface area (Å²) in [7, 11) is 0. The van der Waals surface area contributed by atoms with Gasteiger partial charge in [-0.15, -0.1) is 0 Å². The van der Waals surface area contributed by atoms with Crippen molar-refractivity contribution < 1.29 is 9.53 Å². The van der Waals surface area contributed by atoms with Crippen LogP contribution in [0.5, 0.6) is 5.75 Å². The molecule has 6 heteroatoms. The van der Waals surface area contributed by atoms with Gasteiger partial charge < -0.3 is 15.0 Å². The van der Waals surface area contributed by atoms with Gasteiger partial charge in [-0.1, -0.05) is 54.6 Å². The fraction of sp³-hybridized carbons (Fsp3) is 0.0690. The number of hydrogen-bond acceptors (Lipinski definition) is 4. The topological polar surface area (TPSA) is 79.9 Å². The summed E-state index contributed by atoms with van der Waals surface area (Å²) < 4.78 is 5.70. The van der Waals surface area contributed by atoms with E-state index in [1.54, 1.807) is 12.4 Å². The summed E-state index contributed by atoms with van der Waals surface area (Å²) in [6.45, 7) is 0.516. The first-order valence-corrected chi connectivity index (χ1v) is 11.5. The molecule has 5 aromatic rings. The quantitative estimate of drug-likeness (QED) is 0.374. The van der Waals surface area contributed by atoms with Crippen LogP contribution in [0.2, 0.25) is 0 Å². The first-order chi connectivity index (χ1) is 17.3. The predicted molar refractivity (Wildman–Crippen MR) is 135 cm³/mol. The lowest BCUT2D eigenvalue weighted by atomic mass is 9.98. The smallest absolute Gasteiger partial charge is 0.252 e. The third-order valence-corrected chi connectivity index (χ3v) is 6.69. The van der Waals surface area contributed by atoms with Crippen molar-refractivity contribution in [2.45, 2.75) is 6.04 Å². The van der Waals surface area contributed by atoms with Crippen molar-refractivity contribution in [1.82, 2.24) is 20.3 Å². The Kier molecular flexibility index (Phi) is 4.32. The minimum absolute atomic E-state index is 0.134. The number of aromatic nitrogens is 3. The highest BCUT2D eigenvalue weighted by molar-refractivity contribution is 6.00. The molecule has 0 bridgehead atoms. The summed E-state index contributed by atoms with van der Waals surface area (Å²) in [5.74, 6) is 1.38. The van der Waals surface area contributed by atoms with E-state index < -0.39 is 0 Å². The molecule has 0 fully saturated rings. The van der Waals surface area contributed by atoms with Crippen molar-refractivity contribution in [3.05, 3.63) is 107 Å². The molecule has 0 saturated carbocycles. The molecule has 6 nitrogen and oxygen atoms in total. The monoisotopic (exact) mass is 456 g/mol. The van der Waals surface area contributed by atoms with Crippen LogP contribution in [0.25, 0.3) is 39.6 Å². The van der Waals surface area contributed by atoms with Crippen LogP contribution in [0.15, 0.2) is 85.2 Å². The molecule has 7 rings (SSSR count). The van der Waals surface area contributed by atoms with Crippen LogP contribution in [-0.4, -0.2) is 27.5 Å². The number of carbonyl (C=O) groups is 1. The lowest BCUT2D eigenvalue weighted by Crippen LogP contribution is -2.29. The molecule has 0 saturated heterocycles. The van der Waals surface area contributed by atoms with Gasteiger partial charge >= 0.3 is 0 Å². The van der Waals surface area contributed by atoms with E-state index in [1.165, 1.54) is 0 Å². The molecule has 2 aromatic heterocycles. The van der Waals surface area contributed by atoms with Gasteiger partial charge in [-0.05, 0) is 46.5 Å². The van der Waals surface area contributed by atoms with Gasteiger partial charge in [0.2, 0.25) is 0 Å². The van der Waals surface area contributed by atoms with Gasteiger partial charge in [0, 0.05) is 17.3 Å².